The second-order valence-corrected chi connectivity index (χ2v) is 8.10. The Hall–Kier alpha value is -2.72. The van der Waals surface area contributed by atoms with Gasteiger partial charge in [0.05, 0.1) is 36.0 Å². The Balaban J connectivity index is 1.37. The number of aromatic amines is 1. The van der Waals surface area contributed by atoms with E-state index in [1.54, 1.807) is 6.07 Å². The molecule has 0 bridgehead atoms. The third-order valence-electron chi connectivity index (χ3n) is 5.62. The maximum Gasteiger partial charge on any atom is 0.296 e. The predicted molar refractivity (Wildman–Crippen MR) is 113 cm³/mol. The molecule has 0 saturated carbocycles. The third-order valence-corrected chi connectivity index (χ3v) is 5.91. The molecule has 0 amide bonds. The number of H-pyrrole nitrogens is 1. The normalized spacial score (nSPS) is 23.8. The van der Waals surface area contributed by atoms with Crippen LogP contribution in [0.3, 0.4) is 0 Å². The van der Waals surface area contributed by atoms with Gasteiger partial charge >= 0.3 is 0 Å². The van der Waals surface area contributed by atoms with E-state index in [1.165, 1.54) is 0 Å². The number of nitrogens with one attached hydrogen (secondary N) is 1. The summed E-state index contributed by atoms with van der Waals surface area (Å²) in [6.07, 6.45) is -1.68. The number of Topliss-reactive ketones (excluding diaryl/α,β-unsaturated/α-hetero) is 1. The number of fused-ring (bicyclic) bond motifs is 1. The monoisotopic (exact) mass is 444 g/mol. The molecule has 0 unspecified atom stereocenters. The Kier molecular flexibility index (Phi) is 5.27. The van der Waals surface area contributed by atoms with E-state index in [9.17, 15) is 15.0 Å². The number of hydrogen-bond acceptors (Lipinski definition) is 8. The number of nitrogens with zero attached hydrogens (tertiary/aromatic N) is 3. The molecule has 2 fully saturated rings. The van der Waals surface area contributed by atoms with Gasteiger partial charge in [-0.2, -0.15) is 4.98 Å². The summed E-state index contributed by atoms with van der Waals surface area (Å²) in [5, 5.41) is 19.8. The van der Waals surface area contributed by atoms with Gasteiger partial charge in [0, 0.05) is 24.2 Å². The molecule has 2 aliphatic rings. The first kappa shape index (κ1) is 20.2. The number of pyridine rings is 1. The fourth-order valence-electron chi connectivity index (χ4n) is 3.90. The van der Waals surface area contributed by atoms with Crippen LogP contribution in [0.1, 0.15) is 6.42 Å². The van der Waals surface area contributed by atoms with Crippen molar-refractivity contribution in [3.8, 4) is 17.3 Å². The molecule has 5 rings (SSSR count). The average Bonchev–Trinajstić information content (AvgIpc) is 3.46. The van der Waals surface area contributed by atoms with Crippen LogP contribution in [0.4, 0.5) is 5.69 Å². The molecule has 0 aliphatic carbocycles. The highest BCUT2D eigenvalue weighted by molar-refractivity contribution is 6.33. The van der Waals surface area contributed by atoms with E-state index >= 15 is 0 Å². The number of rotatable bonds is 5. The van der Waals surface area contributed by atoms with Crippen molar-refractivity contribution >= 4 is 34.2 Å². The lowest BCUT2D eigenvalue weighted by Gasteiger charge is -2.16. The lowest BCUT2D eigenvalue weighted by Crippen LogP contribution is -2.36. The van der Waals surface area contributed by atoms with Crippen molar-refractivity contribution in [2.24, 2.45) is 0 Å². The van der Waals surface area contributed by atoms with Gasteiger partial charge in [0.1, 0.15) is 12.2 Å². The van der Waals surface area contributed by atoms with E-state index in [0.717, 1.165) is 17.8 Å². The molecule has 4 heterocycles. The standard InChI is InChI=1S/C21H21ClN4O5/c22-14-7-15-20(25-21(23-15)31-17-10-30-16(9-27)19(17)29)24-18(14)11-1-3-12(4-2-11)26-6-5-13(28)8-26/h1-4,7,16-17,19,27,29H,5-6,8-10H2,(H,23,24,25)/t16-,17-,19-/m1/s1. The number of imidazole rings is 1. The second kappa shape index (κ2) is 8.08. The van der Waals surface area contributed by atoms with Gasteiger partial charge in [-0.3, -0.25) is 4.79 Å². The minimum atomic E-state index is -0.949. The number of aliphatic hydroxyl groups excluding tert-OH is 2. The minimum Gasteiger partial charge on any atom is -0.456 e. The van der Waals surface area contributed by atoms with Crippen molar-refractivity contribution < 1.29 is 24.5 Å². The number of anilines is 1. The Morgan fingerprint density at radius 3 is 2.77 bits per heavy atom. The van der Waals surface area contributed by atoms with Crippen molar-refractivity contribution in [2.75, 3.05) is 31.2 Å². The van der Waals surface area contributed by atoms with E-state index in [4.69, 9.17) is 21.1 Å². The van der Waals surface area contributed by atoms with Crippen LogP contribution >= 0.6 is 11.6 Å². The Morgan fingerprint density at radius 1 is 1.29 bits per heavy atom. The largest absolute Gasteiger partial charge is 0.456 e. The number of aliphatic hydroxyl groups is 2. The van der Waals surface area contributed by atoms with Crippen molar-refractivity contribution in [3.05, 3.63) is 35.4 Å². The molecule has 10 heteroatoms. The highest BCUT2D eigenvalue weighted by Gasteiger charge is 2.37. The predicted octanol–water partition coefficient (Wildman–Crippen LogP) is 1.56. The molecule has 3 aromatic rings. The van der Waals surface area contributed by atoms with Crippen molar-refractivity contribution in [1.29, 1.82) is 0 Å². The molecule has 0 spiro atoms. The molecular formula is C21H21ClN4O5. The summed E-state index contributed by atoms with van der Waals surface area (Å²) < 4.78 is 11.0. The molecule has 1 aromatic carbocycles. The first-order valence-corrected chi connectivity index (χ1v) is 10.4. The number of carbonyl (C=O) groups is 1. The molecule has 2 aliphatic heterocycles. The van der Waals surface area contributed by atoms with Gasteiger partial charge in [0.2, 0.25) is 0 Å². The van der Waals surface area contributed by atoms with Crippen LogP contribution in [0.15, 0.2) is 30.3 Å². The second-order valence-electron chi connectivity index (χ2n) is 7.69. The fourth-order valence-corrected chi connectivity index (χ4v) is 4.16. The maximum absolute atomic E-state index is 11.5. The highest BCUT2D eigenvalue weighted by atomic mass is 35.5. The third kappa shape index (κ3) is 3.85. The van der Waals surface area contributed by atoms with E-state index in [-0.39, 0.29) is 25.0 Å². The lowest BCUT2D eigenvalue weighted by molar-refractivity contribution is -0.116. The van der Waals surface area contributed by atoms with Crippen molar-refractivity contribution in [2.45, 2.75) is 24.7 Å². The van der Waals surface area contributed by atoms with Crippen LogP contribution in [0, 0.1) is 0 Å². The van der Waals surface area contributed by atoms with Gasteiger partial charge < -0.3 is 29.6 Å². The fraction of sp³-hybridized carbons (Fsp3) is 0.381. The number of ketones is 1. The Morgan fingerprint density at radius 2 is 2.10 bits per heavy atom. The van der Waals surface area contributed by atoms with Crippen LogP contribution in [-0.4, -0.2) is 75.6 Å². The van der Waals surface area contributed by atoms with Crippen LogP contribution in [-0.2, 0) is 9.53 Å². The average molecular weight is 445 g/mol. The SMILES string of the molecule is O=C1CCN(c2ccc(-c3nc4nc(O[C@@H]5CO[C@H](CO)[C@H]5O)[nH]c4cc3Cl)cc2)C1. The number of halogens is 1. The maximum atomic E-state index is 11.5. The lowest BCUT2D eigenvalue weighted by atomic mass is 10.1. The molecule has 2 saturated heterocycles. The zero-order chi connectivity index (χ0) is 21.5. The van der Waals surface area contributed by atoms with E-state index in [2.05, 4.69) is 15.0 Å². The van der Waals surface area contributed by atoms with Gasteiger partial charge in [0.15, 0.2) is 17.5 Å². The van der Waals surface area contributed by atoms with Crippen LogP contribution in [0.5, 0.6) is 6.01 Å². The zero-order valence-electron chi connectivity index (χ0n) is 16.5. The molecule has 9 nitrogen and oxygen atoms in total. The van der Waals surface area contributed by atoms with E-state index in [0.29, 0.717) is 34.8 Å². The molecule has 0 radical (unpaired) electrons. The van der Waals surface area contributed by atoms with Crippen molar-refractivity contribution in [1.82, 2.24) is 15.0 Å². The summed E-state index contributed by atoms with van der Waals surface area (Å²) in [7, 11) is 0. The first-order chi connectivity index (χ1) is 15.0. The smallest absolute Gasteiger partial charge is 0.296 e. The minimum absolute atomic E-state index is 0.151. The number of benzene rings is 1. The molecule has 162 valence electrons. The van der Waals surface area contributed by atoms with Crippen LogP contribution < -0.4 is 9.64 Å². The summed E-state index contributed by atoms with van der Waals surface area (Å²) in [5.74, 6) is 0.249. The van der Waals surface area contributed by atoms with Gasteiger partial charge in [-0.05, 0) is 18.2 Å². The summed E-state index contributed by atoms with van der Waals surface area (Å²) in [6, 6.07) is 9.66. The van der Waals surface area contributed by atoms with Crippen molar-refractivity contribution in [3.63, 3.8) is 0 Å². The Labute approximate surface area is 182 Å². The summed E-state index contributed by atoms with van der Waals surface area (Å²) in [6.45, 7) is 1.05. The summed E-state index contributed by atoms with van der Waals surface area (Å²) in [5.41, 5.74) is 3.43. The first-order valence-electron chi connectivity index (χ1n) is 10.0. The quantitative estimate of drug-likeness (QED) is 0.542. The van der Waals surface area contributed by atoms with E-state index in [1.807, 2.05) is 29.2 Å². The molecule has 31 heavy (non-hydrogen) atoms. The summed E-state index contributed by atoms with van der Waals surface area (Å²) >= 11 is 6.47. The molecule has 3 atom stereocenters. The molecule has 2 aromatic heterocycles. The van der Waals surface area contributed by atoms with Gasteiger partial charge in [-0.25, -0.2) is 4.98 Å². The topological polar surface area (TPSA) is 121 Å². The molecule has 3 N–H and O–H groups in total. The number of aromatic nitrogens is 3. The van der Waals surface area contributed by atoms with Gasteiger partial charge in [-0.1, -0.05) is 23.7 Å². The van der Waals surface area contributed by atoms with E-state index < -0.39 is 18.3 Å². The summed E-state index contributed by atoms with van der Waals surface area (Å²) in [4.78, 5) is 25.5. The number of carbonyl (C=O) groups excluding carboxylic acids is 1. The van der Waals surface area contributed by atoms with Crippen LogP contribution in [0.25, 0.3) is 22.4 Å². The Bertz CT molecular complexity index is 1120. The number of hydrogen-bond donors (Lipinski definition) is 3. The highest BCUT2D eigenvalue weighted by Crippen LogP contribution is 2.31. The van der Waals surface area contributed by atoms with Gasteiger partial charge in [-0.15, -0.1) is 0 Å². The molecular weight excluding hydrogens is 424 g/mol. The number of ether oxygens (including phenoxy) is 2. The zero-order valence-corrected chi connectivity index (χ0v) is 17.2. The van der Waals surface area contributed by atoms with Crippen LogP contribution in [0.2, 0.25) is 5.02 Å². The van der Waals surface area contributed by atoms with Gasteiger partial charge in [0.25, 0.3) is 6.01 Å².